The lowest BCUT2D eigenvalue weighted by atomic mass is 10.1. The van der Waals surface area contributed by atoms with E-state index in [0.717, 1.165) is 22.2 Å². The Hall–Kier alpha value is -4.33. The van der Waals surface area contributed by atoms with Crippen molar-refractivity contribution in [3.63, 3.8) is 0 Å². The number of nitrogens with one attached hydrogen (secondary N) is 1. The van der Waals surface area contributed by atoms with E-state index in [9.17, 15) is 9.59 Å². The quantitative estimate of drug-likeness (QED) is 0.376. The van der Waals surface area contributed by atoms with Crippen molar-refractivity contribution in [1.29, 1.82) is 0 Å². The van der Waals surface area contributed by atoms with Gasteiger partial charge in [0.1, 0.15) is 11.3 Å². The van der Waals surface area contributed by atoms with Crippen molar-refractivity contribution in [2.24, 2.45) is 0 Å². The van der Waals surface area contributed by atoms with Crippen molar-refractivity contribution in [2.45, 2.75) is 32.8 Å². The molecule has 2 aromatic carbocycles. The molecule has 5 rings (SSSR count). The van der Waals surface area contributed by atoms with E-state index >= 15 is 0 Å². The summed E-state index contributed by atoms with van der Waals surface area (Å²) in [6.07, 6.45) is 2.87. The van der Waals surface area contributed by atoms with Crippen molar-refractivity contribution in [3.05, 3.63) is 78.4 Å². The molecular formula is C26H23N5O3. The molecular weight excluding hydrogens is 430 g/mol. The van der Waals surface area contributed by atoms with Gasteiger partial charge in [0.2, 0.25) is 5.78 Å². The number of aromatic nitrogens is 5. The first kappa shape index (κ1) is 21.5. The van der Waals surface area contributed by atoms with E-state index < -0.39 is 11.7 Å². The largest absolute Gasteiger partial charge is 0.443 e. The summed E-state index contributed by atoms with van der Waals surface area (Å²) in [4.78, 5) is 35.1. The second kappa shape index (κ2) is 8.22. The molecule has 5 aromatic rings. The van der Waals surface area contributed by atoms with Gasteiger partial charge in [-0.2, -0.15) is 5.10 Å². The maximum absolute atomic E-state index is 13.3. The fourth-order valence-electron chi connectivity index (χ4n) is 3.86. The van der Waals surface area contributed by atoms with Gasteiger partial charge in [-0.05, 0) is 50.6 Å². The van der Waals surface area contributed by atoms with Crippen LogP contribution in [-0.4, -0.2) is 42.2 Å². The highest BCUT2D eigenvalue weighted by molar-refractivity contribution is 6.06. The molecule has 0 aliphatic carbocycles. The third kappa shape index (κ3) is 4.05. The molecule has 0 saturated heterocycles. The maximum atomic E-state index is 13.3. The van der Waals surface area contributed by atoms with Gasteiger partial charge in [-0.1, -0.05) is 30.3 Å². The summed E-state index contributed by atoms with van der Waals surface area (Å²) in [6, 6.07) is 16.7. The molecule has 34 heavy (non-hydrogen) atoms. The Labute approximate surface area is 195 Å². The topological polar surface area (TPSA) is 103 Å². The van der Waals surface area contributed by atoms with Crippen LogP contribution in [0, 0.1) is 0 Å². The van der Waals surface area contributed by atoms with Crippen molar-refractivity contribution < 1.29 is 14.3 Å². The smallest absolute Gasteiger partial charge is 0.420 e. The van der Waals surface area contributed by atoms with E-state index in [1.54, 1.807) is 39.2 Å². The molecule has 0 atom stereocenters. The number of carbonyl (C=O) groups is 2. The number of benzene rings is 2. The summed E-state index contributed by atoms with van der Waals surface area (Å²) in [5, 5.41) is 8.29. The Morgan fingerprint density at radius 3 is 2.47 bits per heavy atom. The Balaban J connectivity index is 1.67. The number of imidazole rings is 1. The van der Waals surface area contributed by atoms with Crippen molar-refractivity contribution >= 4 is 33.8 Å². The standard InChI is InChI=1S/C26H23N5O3/c1-26(2,3)34-25(33)31-21-15-19-18(23(30-29-19)17-9-11-27-12-10-17)14-20(21)28-24(31)22(32)13-16-7-5-4-6-8-16/h4-12,14-15H,13H2,1-3H3,(H,29,30). The molecule has 3 heterocycles. The Morgan fingerprint density at radius 2 is 1.76 bits per heavy atom. The second-order valence-electron chi connectivity index (χ2n) is 9.03. The van der Waals surface area contributed by atoms with Gasteiger partial charge in [-0.15, -0.1) is 0 Å². The molecule has 1 N–H and O–H groups in total. The minimum absolute atomic E-state index is 0.0409. The number of Topliss-reactive ketones (excluding diaryl/α,β-unsaturated/α-hetero) is 1. The van der Waals surface area contributed by atoms with E-state index in [4.69, 9.17) is 4.74 Å². The first-order chi connectivity index (χ1) is 16.3. The normalized spacial score (nSPS) is 11.7. The zero-order valence-electron chi connectivity index (χ0n) is 19.1. The molecule has 3 aromatic heterocycles. The number of H-pyrrole nitrogens is 1. The van der Waals surface area contributed by atoms with Crippen molar-refractivity contribution in [2.75, 3.05) is 0 Å². The number of rotatable bonds is 4. The zero-order valence-corrected chi connectivity index (χ0v) is 19.1. The van der Waals surface area contributed by atoms with Crippen LogP contribution in [0.2, 0.25) is 0 Å². The maximum Gasteiger partial charge on any atom is 0.420 e. The van der Waals surface area contributed by atoms with Crippen LogP contribution in [-0.2, 0) is 11.2 Å². The van der Waals surface area contributed by atoms with Gasteiger partial charge in [-0.3, -0.25) is 14.9 Å². The Bertz CT molecular complexity index is 1510. The van der Waals surface area contributed by atoms with Crippen LogP contribution in [0.1, 0.15) is 37.0 Å². The number of hydrogen-bond donors (Lipinski definition) is 1. The highest BCUT2D eigenvalue weighted by Gasteiger charge is 2.27. The fourth-order valence-corrected chi connectivity index (χ4v) is 3.86. The fraction of sp³-hybridized carbons (Fsp3) is 0.192. The molecule has 8 heteroatoms. The summed E-state index contributed by atoms with van der Waals surface area (Å²) < 4.78 is 6.88. The summed E-state index contributed by atoms with van der Waals surface area (Å²) >= 11 is 0. The Morgan fingerprint density at radius 1 is 1.03 bits per heavy atom. The zero-order chi connectivity index (χ0) is 23.9. The van der Waals surface area contributed by atoms with Gasteiger partial charge in [0.05, 0.1) is 16.6 Å². The van der Waals surface area contributed by atoms with Crippen LogP contribution < -0.4 is 0 Å². The molecule has 0 unspecified atom stereocenters. The monoisotopic (exact) mass is 453 g/mol. The van der Waals surface area contributed by atoms with E-state index in [2.05, 4.69) is 20.2 Å². The predicted molar refractivity (Wildman–Crippen MR) is 129 cm³/mol. The van der Waals surface area contributed by atoms with E-state index in [1.165, 1.54) is 4.57 Å². The summed E-state index contributed by atoms with van der Waals surface area (Å²) in [5.41, 5.74) is 3.43. The molecule has 0 aliphatic rings. The number of pyridine rings is 1. The van der Waals surface area contributed by atoms with Gasteiger partial charge >= 0.3 is 6.09 Å². The van der Waals surface area contributed by atoms with Gasteiger partial charge in [-0.25, -0.2) is 14.3 Å². The average Bonchev–Trinajstić information content (AvgIpc) is 3.38. The van der Waals surface area contributed by atoms with Crippen LogP contribution in [0.15, 0.2) is 67.0 Å². The van der Waals surface area contributed by atoms with Gasteiger partial charge in [0, 0.05) is 29.8 Å². The number of fused-ring (bicyclic) bond motifs is 2. The number of ketones is 1. The van der Waals surface area contributed by atoms with Crippen molar-refractivity contribution in [3.8, 4) is 11.3 Å². The number of carbonyl (C=O) groups excluding carboxylic acids is 2. The molecule has 0 spiro atoms. The third-order valence-corrected chi connectivity index (χ3v) is 5.32. The summed E-state index contributed by atoms with van der Waals surface area (Å²) in [6.45, 7) is 5.34. The van der Waals surface area contributed by atoms with Gasteiger partial charge in [0.15, 0.2) is 5.82 Å². The van der Waals surface area contributed by atoms with Crippen LogP contribution in [0.5, 0.6) is 0 Å². The Kier molecular flexibility index (Phi) is 5.20. The molecule has 0 radical (unpaired) electrons. The van der Waals surface area contributed by atoms with Gasteiger partial charge in [0.25, 0.3) is 0 Å². The molecule has 8 nitrogen and oxygen atoms in total. The lowest BCUT2D eigenvalue weighted by molar-refractivity contribution is 0.0534. The van der Waals surface area contributed by atoms with E-state index in [0.29, 0.717) is 16.6 Å². The van der Waals surface area contributed by atoms with E-state index in [-0.39, 0.29) is 18.0 Å². The predicted octanol–water partition coefficient (Wildman–Crippen LogP) is 5.18. The third-order valence-electron chi connectivity index (χ3n) is 5.32. The lowest BCUT2D eigenvalue weighted by Crippen LogP contribution is -2.29. The number of aromatic amines is 1. The number of ether oxygens (including phenoxy) is 1. The lowest BCUT2D eigenvalue weighted by Gasteiger charge is -2.20. The second-order valence-corrected chi connectivity index (χ2v) is 9.03. The van der Waals surface area contributed by atoms with Crippen LogP contribution >= 0.6 is 0 Å². The minimum Gasteiger partial charge on any atom is -0.443 e. The molecule has 0 saturated carbocycles. The summed E-state index contributed by atoms with van der Waals surface area (Å²) in [5.74, 6) is -0.233. The molecule has 0 aliphatic heterocycles. The van der Waals surface area contributed by atoms with Crippen LogP contribution in [0.4, 0.5) is 4.79 Å². The minimum atomic E-state index is -0.736. The van der Waals surface area contributed by atoms with Crippen LogP contribution in [0.25, 0.3) is 33.2 Å². The number of nitrogens with zero attached hydrogens (tertiary/aromatic N) is 4. The molecule has 0 amide bonds. The molecule has 0 bridgehead atoms. The molecule has 170 valence electrons. The summed E-state index contributed by atoms with van der Waals surface area (Å²) in [7, 11) is 0. The number of hydrogen-bond acceptors (Lipinski definition) is 6. The van der Waals surface area contributed by atoms with Crippen LogP contribution in [0.3, 0.4) is 0 Å². The average molecular weight is 454 g/mol. The van der Waals surface area contributed by atoms with Crippen molar-refractivity contribution in [1.82, 2.24) is 24.7 Å². The highest BCUT2D eigenvalue weighted by Crippen LogP contribution is 2.30. The first-order valence-corrected chi connectivity index (χ1v) is 10.9. The molecule has 0 fully saturated rings. The van der Waals surface area contributed by atoms with Gasteiger partial charge < -0.3 is 4.74 Å². The van der Waals surface area contributed by atoms with E-state index in [1.807, 2.05) is 48.5 Å². The first-order valence-electron chi connectivity index (χ1n) is 10.9. The highest BCUT2D eigenvalue weighted by atomic mass is 16.6. The SMILES string of the molecule is CC(C)(C)OC(=O)n1c(C(=O)Cc2ccccc2)nc2cc3c(-c4ccncc4)n[nH]c3cc21.